The van der Waals surface area contributed by atoms with Crippen LogP contribution in [-0.4, -0.2) is 27.2 Å². The standard InChI is InChI=1S/C14H18N2O3/c1-3-19-10-7-8-12-11(9-10)15-13(16(12)2)5-4-6-14(17)18/h7-9H,3-6H2,1-2H3,(H,17,18). The predicted octanol–water partition coefficient (Wildman–Crippen LogP) is 2.38. The second-order valence-electron chi connectivity index (χ2n) is 4.42. The zero-order valence-corrected chi connectivity index (χ0v) is 11.2. The van der Waals surface area contributed by atoms with Crippen LogP contribution in [0, 0.1) is 0 Å². The van der Waals surface area contributed by atoms with Gasteiger partial charge in [0.15, 0.2) is 0 Å². The van der Waals surface area contributed by atoms with Crippen LogP contribution in [0.1, 0.15) is 25.6 Å². The van der Waals surface area contributed by atoms with E-state index in [1.807, 2.05) is 36.7 Å². The zero-order valence-electron chi connectivity index (χ0n) is 11.2. The highest BCUT2D eigenvalue weighted by Crippen LogP contribution is 2.21. The number of fused-ring (bicyclic) bond motifs is 1. The van der Waals surface area contributed by atoms with Crippen molar-refractivity contribution in [2.45, 2.75) is 26.2 Å². The first-order valence-electron chi connectivity index (χ1n) is 6.41. The number of carboxylic acid groups (broad SMARTS) is 1. The summed E-state index contributed by atoms with van der Waals surface area (Å²) in [5.41, 5.74) is 1.92. The Morgan fingerprint density at radius 1 is 1.47 bits per heavy atom. The summed E-state index contributed by atoms with van der Waals surface area (Å²) in [5.74, 6) is 0.951. The van der Waals surface area contributed by atoms with Gasteiger partial charge in [-0.05, 0) is 25.5 Å². The molecule has 19 heavy (non-hydrogen) atoms. The number of hydrogen-bond donors (Lipinski definition) is 1. The number of carboxylic acids is 1. The summed E-state index contributed by atoms with van der Waals surface area (Å²) in [7, 11) is 1.95. The van der Waals surface area contributed by atoms with Gasteiger partial charge in [0.1, 0.15) is 11.6 Å². The van der Waals surface area contributed by atoms with E-state index in [-0.39, 0.29) is 6.42 Å². The van der Waals surface area contributed by atoms with Crippen LogP contribution in [0.3, 0.4) is 0 Å². The number of benzene rings is 1. The third kappa shape index (κ3) is 3.05. The lowest BCUT2D eigenvalue weighted by Gasteiger charge is -2.03. The van der Waals surface area contributed by atoms with Crippen molar-refractivity contribution in [3.05, 3.63) is 24.0 Å². The van der Waals surface area contributed by atoms with E-state index in [2.05, 4.69) is 4.98 Å². The topological polar surface area (TPSA) is 64.3 Å². The number of aromatic nitrogens is 2. The second-order valence-corrected chi connectivity index (χ2v) is 4.42. The molecule has 5 heteroatoms. The minimum absolute atomic E-state index is 0.174. The molecular weight excluding hydrogens is 244 g/mol. The summed E-state index contributed by atoms with van der Waals surface area (Å²) in [6.45, 7) is 2.57. The number of imidazole rings is 1. The van der Waals surface area contributed by atoms with Crippen LogP contribution >= 0.6 is 0 Å². The highest BCUT2D eigenvalue weighted by atomic mass is 16.5. The first-order valence-corrected chi connectivity index (χ1v) is 6.41. The van der Waals surface area contributed by atoms with E-state index in [0.717, 1.165) is 22.6 Å². The molecule has 0 amide bonds. The van der Waals surface area contributed by atoms with Gasteiger partial charge >= 0.3 is 5.97 Å². The molecule has 1 aromatic carbocycles. The lowest BCUT2D eigenvalue weighted by atomic mass is 10.2. The average Bonchev–Trinajstić information content (AvgIpc) is 2.66. The molecule has 0 unspecified atom stereocenters. The van der Waals surface area contributed by atoms with Gasteiger partial charge < -0.3 is 14.4 Å². The van der Waals surface area contributed by atoms with Crippen molar-refractivity contribution in [2.24, 2.45) is 7.05 Å². The molecule has 1 aromatic heterocycles. The number of rotatable bonds is 6. The van der Waals surface area contributed by atoms with Gasteiger partial charge in [-0.3, -0.25) is 4.79 Å². The van der Waals surface area contributed by atoms with Crippen LogP contribution in [0.25, 0.3) is 11.0 Å². The van der Waals surface area contributed by atoms with E-state index in [1.54, 1.807) is 0 Å². The Morgan fingerprint density at radius 2 is 2.26 bits per heavy atom. The summed E-state index contributed by atoms with van der Waals surface area (Å²) in [5, 5.41) is 8.65. The molecule has 0 atom stereocenters. The van der Waals surface area contributed by atoms with Gasteiger partial charge in [0, 0.05) is 26.0 Å². The Balaban J connectivity index is 2.20. The Hall–Kier alpha value is -2.04. The molecule has 0 fully saturated rings. The number of aryl methyl sites for hydroxylation is 2. The lowest BCUT2D eigenvalue weighted by Crippen LogP contribution is -2.01. The first-order chi connectivity index (χ1) is 9.11. The van der Waals surface area contributed by atoms with Gasteiger partial charge in [-0.2, -0.15) is 0 Å². The Kier molecular flexibility index (Phi) is 4.04. The van der Waals surface area contributed by atoms with E-state index in [1.165, 1.54) is 0 Å². The molecule has 0 aliphatic heterocycles. The van der Waals surface area contributed by atoms with Crippen molar-refractivity contribution < 1.29 is 14.6 Å². The van der Waals surface area contributed by atoms with Gasteiger partial charge in [-0.1, -0.05) is 0 Å². The van der Waals surface area contributed by atoms with Gasteiger partial charge in [-0.25, -0.2) is 4.98 Å². The van der Waals surface area contributed by atoms with Gasteiger partial charge in [0.05, 0.1) is 17.6 Å². The van der Waals surface area contributed by atoms with Crippen molar-refractivity contribution in [3.8, 4) is 5.75 Å². The normalized spacial score (nSPS) is 10.8. The number of hydrogen-bond acceptors (Lipinski definition) is 3. The molecule has 2 aromatic rings. The van der Waals surface area contributed by atoms with Gasteiger partial charge in [0.2, 0.25) is 0 Å². The number of aliphatic carboxylic acids is 1. The van der Waals surface area contributed by atoms with E-state index in [4.69, 9.17) is 9.84 Å². The van der Waals surface area contributed by atoms with E-state index in [9.17, 15) is 4.79 Å². The third-order valence-corrected chi connectivity index (χ3v) is 3.05. The third-order valence-electron chi connectivity index (χ3n) is 3.05. The maximum Gasteiger partial charge on any atom is 0.303 e. The van der Waals surface area contributed by atoms with Crippen LogP contribution in [0.4, 0.5) is 0 Å². The molecule has 0 saturated carbocycles. The molecule has 0 radical (unpaired) electrons. The van der Waals surface area contributed by atoms with Crippen molar-refractivity contribution >= 4 is 17.0 Å². The number of nitrogens with zero attached hydrogens (tertiary/aromatic N) is 2. The zero-order chi connectivity index (χ0) is 13.8. The minimum Gasteiger partial charge on any atom is -0.494 e. The van der Waals surface area contributed by atoms with E-state index >= 15 is 0 Å². The molecule has 102 valence electrons. The van der Waals surface area contributed by atoms with E-state index < -0.39 is 5.97 Å². The van der Waals surface area contributed by atoms with Gasteiger partial charge in [-0.15, -0.1) is 0 Å². The van der Waals surface area contributed by atoms with Crippen molar-refractivity contribution in [2.75, 3.05) is 6.61 Å². The molecule has 0 aliphatic carbocycles. The fourth-order valence-corrected chi connectivity index (χ4v) is 2.11. The lowest BCUT2D eigenvalue weighted by molar-refractivity contribution is -0.137. The summed E-state index contributed by atoms with van der Waals surface area (Å²) >= 11 is 0. The van der Waals surface area contributed by atoms with Crippen LogP contribution in [0.5, 0.6) is 5.75 Å². The number of carbonyl (C=O) groups is 1. The average molecular weight is 262 g/mol. The van der Waals surface area contributed by atoms with Crippen molar-refractivity contribution in [1.82, 2.24) is 9.55 Å². The smallest absolute Gasteiger partial charge is 0.303 e. The highest BCUT2D eigenvalue weighted by molar-refractivity contribution is 5.77. The summed E-state index contributed by atoms with van der Waals surface area (Å²) in [6, 6.07) is 5.82. The minimum atomic E-state index is -0.766. The molecule has 0 saturated heterocycles. The van der Waals surface area contributed by atoms with Crippen LogP contribution in [-0.2, 0) is 18.3 Å². The fourth-order valence-electron chi connectivity index (χ4n) is 2.11. The summed E-state index contributed by atoms with van der Waals surface area (Å²) in [6.07, 6.45) is 1.44. The van der Waals surface area contributed by atoms with Crippen LogP contribution < -0.4 is 4.74 Å². The first kappa shape index (κ1) is 13.4. The molecule has 1 heterocycles. The Morgan fingerprint density at radius 3 is 2.95 bits per heavy atom. The molecule has 1 N–H and O–H groups in total. The maximum absolute atomic E-state index is 10.5. The molecule has 0 spiro atoms. The Bertz CT molecular complexity index is 590. The number of ether oxygens (including phenoxy) is 1. The predicted molar refractivity (Wildman–Crippen MR) is 72.5 cm³/mol. The molecule has 5 nitrogen and oxygen atoms in total. The molecule has 0 aliphatic rings. The fraction of sp³-hybridized carbons (Fsp3) is 0.429. The summed E-state index contributed by atoms with van der Waals surface area (Å²) < 4.78 is 7.46. The monoisotopic (exact) mass is 262 g/mol. The Labute approximate surface area is 111 Å². The van der Waals surface area contributed by atoms with Crippen molar-refractivity contribution in [1.29, 1.82) is 0 Å². The summed E-state index contributed by atoms with van der Waals surface area (Å²) in [4.78, 5) is 15.1. The maximum atomic E-state index is 10.5. The quantitative estimate of drug-likeness (QED) is 0.868. The molecule has 0 bridgehead atoms. The highest BCUT2D eigenvalue weighted by Gasteiger charge is 2.09. The second kappa shape index (κ2) is 5.73. The molecule has 2 rings (SSSR count). The van der Waals surface area contributed by atoms with Gasteiger partial charge in [0.25, 0.3) is 0 Å². The van der Waals surface area contributed by atoms with Crippen molar-refractivity contribution in [3.63, 3.8) is 0 Å². The molecular formula is C14H18N2O3. The largest absolute Gasteiger partial charge is 0.494 e. The van der Waals surface area contributed by atoms with Crippen LogP contribution in [0.2, 0.25) is 0 Å². The van der Waals surface area contributed by atoms with Crippen LogP contribution in [0.15, 0.2) is 18.2 Å². The SMILES string of the molecule is CCOc1ccc2c(c1)nc(CCCC(=O)O)n2C. The van der Waals surface area contributed by atoms with E-state index in [0.29, 0.717) is 19.4 Å².